The molecule has 0 heterocycles. The highest BCUT2D eigenvalue weighted by molar-refractivity contribution is 5.85. The lowest BCUT2D eigenvalue weighted by atomic mass is 10.2. The van der Waals surface area contributed by atoms with Crippen molar-refractivity contribution in [3.8, 4) is 0 Å². The summed E-state index contributed by atoms with van der Waals surface area (Å²) in [5.74, 6) is -0.934. The molecule has 0 fully saturated rings. The van der Waals surface area contributed by atoms with E-state index in [0.29, 0.717) is 0 Å². The van der Waals surface area contributed by atoms with E-state index in [2.05, 4.69) is 10.5 Å². The van der Waals surface area contributed by atoms with Gasteiger partial charge in [0.05, 0.1) is 0 Å². The van der Waals surface area contributed by atoms with E-state index in [1.165, 1.54) is 6.92 Å². The summed E-state index contributed by atoms with van der Waals surface area (Å²) < 4.78 is 4.86. The van der Waals surface area contributed by atoms with Gasteiger partial charge in [-0.3, -0.25) is 4.79 Å². The fraction of sp³-hybridized carbons (Fsp3) is 0.750. The van der Waals surface area contributed by atoms with Gasteiger partial charge in [0.1, 0.15) is 11.6 Å². The third-order valence-corrected chi connectivity index (χ3v) is 1.19. The van der Waals surface area contributed by atoms with Crippen molar-refractivity contribution in [1.29, 1.82) is 0 Å². The molecule has 0 aliphatic heterocycles. The van der Waals surface area contributed by atoms with Crippen molar-refractivity contribution in [2.45, 2.75) is 39.3 Å². The monoisotopic (exact) mass is 202 g/mol. The number of hydrogen-bond acceptors (Lipinski definition) is 4. The van der Waals surface area contributed by atoms with Gasteiger partial charge in [-0.15, -0.1) is 4.91 Å². The average molecular weight is 202 g/mol. The molecule has 80 valence electrons. The first-order chi connectivity index (χ1) is 6.26. The average Bonchev–Trinajstić information content (AvgIpc) is 1.99. The molecule has 0 unspecified atom stereocenters. The van der Waals surface area contributed by atoms with Crippen LogP contribution < -0.4 is 5.32 Å². The highest BCUT2D eigenvalue weighted by atomic mass is 16.6. The van der Waals surface area contributed by atoms with Gasteiger partial charge < -0.3 is 10.1 Å². The van der Waals surface area contributed by atoms with Gasteiger partial charge in [-0.1, -0.05) is 0 Å². The Balaban J connectivity index is 4.07. The molecule has 0 radical (unpaired) electrons. The smallest absolute Gasteiger partial charge is 0.408 e. The molecule has 0 saturated carbocycles. The maximum absolute atomic E-state index is 11.1. The zero-order chi connectivity index (χ0) is 11.4. The zero-order valence-corrected chi connectivity index (χ0v) is 8.66. The quantitative estimate of drug-likeness (QED) is 0.681. The minimum atomic E-state index is -0.956. The standard InChI is InChI=1S/C8H14N2O4/c1-5(6(11)10-13)9-7(12)14-8(2,3)4/h5H,1-4H3,(H,9,12)/t5-/m0/s1. The number of carbonyl (C=O) groups is 2. The lowest BCUT2D eigenvalue weighted by molar-refractivity contribution is -0.119. The third kappa shape index (κ3) is 5.23. The van der Waals surface area contributed by atoms with Crippen LogP contribution in [0.3, 0.4) is 0 Å². The van der Waals surface area contributed by atoms with E-state index < -0.39 is 23.6 Å². The predicted molar refractivity (Wildman–Crippen MR) is 49.6 cm³/mol. The van der Waals surface area contributed by atoms with Crippen LogP contribution in [0.1, 0.15) is 27.7 Å². The number of carbonyl (C=O) groups excluding carboxylic acids is 2. The van der Waals surface area contributed by atoms with Gasteiger partial charge in [0, 0.05) is 5.18 Å². The first kappa shape index (κ1) is 12.5. The molecule has 0 spiro atoms. The van der Waals surface area contributed by atoms with Crippen LogP contribution in [-0.2, 0) is 9.53 Å². The van der Waals surface area contributed by atoms with Crippen molar-refractivity contribution in [3.05, 3.63) is 4.91 Å². The van der Waals surface area contributed by atoms with Crippen molar-refractivity contribution >= 4 is 12.0 Å². The molecule has 0 aliphatic carbocycles. The Morgan fingerprint density at radius 3 is 2.21 bits per heavy atom. The molecule has 0 aromatic rings. The second kappa shape index (κ2) is 4.69. The topological polar surface area (TPSA) is 84.8 Å². The maximum atomic E-state index is 11.1. The summed E-state index contributed by atoms with van der Waals surface area (Å²) in [6.07, 6.45) is -0.748. The number of alkyl carbamates (subject to hydrolysis) is 1. The number of amides is 2. The van der Waals surface area contributed by atoms with E-state index in [1.807, 2.05) is 0 Å². The van der Waals surface area contributed by atoms with Crippen LogP contribution in [0.2, 0.25) is 0 Å². The molecule has 14 heavy (non-hydrogen) atoms. The third-order valence-electron chi connectivity index (χ3n) is 1.19. The van der Waals surface area contributed by atoms with Gasteiger partial charge in [0.15, 0.2) is 0 Å². The number of hydrogen-bond donors (Lipinski definition) is 1. The van der Waals surface area contributed by atoms with Crippen molar-refractivity contribution < 1.29 is 14.3 Å². The van der Waals surface area contributed by atoms with Gasteiger partial charge in [-0.05, 0) is 27.7 Å². The summed E-state index contributed by atoms with van der Waals surface area (Å²) in [6, 6.07) is -0.956. The molecular formula is C8H14N2O4. The first-order valence-electron chi connectivity index (χ1n) is 4.13. The SMILES string of the molecule is C[C@H](NC(=O)OC(C)(C)C)C(=O)N=O. The van der Waals surface area contributed by atoms with Crippen LogP contribution in [0.25, 0.3) is 0 Å². The number of nitrogens with zero attached hydrogens (tertiary/aromatic N) is 1. The Morgan fingerprint density at radius 1 is 1.36 bits per heavy atom. The van der Waals surface area contributed by atoms with E-state index in [0.717, 1.165) is 0 Å². The van der Waals surface area contributed by atoms with E-state index in [4.69, 9.17) is 4.74 Å². The minimum Gasteiger partial charge on any atom is -0.444 e. The molecule has 0 saturated heterocycles. The summed E-state index contributed by atoms with van der Waals surface area (Å²) >= 11 is 0. The molecule has 0 aliphatic rings. The van der Waals surface area contributed by atoms with E-state index >= 15 is 0 Å². The maximum Gasteiger partial charge on any atom is 0.408 e. The summed E-state index contributed by atoms with van der Waals surface area (Å²) in [6.45, 7) is 6.43. The number of nitroso groups, excluding NO2 is 1. The normalized spacial score (nSPS) is 12.9. The number of nitrogens with one attached hydrogen (secondary N) is 1. The lowest BCUT2D eigenvalue weighted by Gasteiger charge is -2.20. The second-order valence-electron chi connectivity index (χ2n) is 3.80. The predicted octanol–water partition coefficient (Wildman–Crippen LogP) is 1.19. The van der Waals surface area contributed by atoms with Crippen molar-refractivity contribution in [2.24, 2.45) is 5.18 Å². The number of rotatable bonds is 2. The first-order valence-corrected chi connectivity index (χ1v) is 4.13. The van der Waals surface area contributed by atoms with Crippen LogP contribution >= 0.6 is 0 Å². The van der Waals surface area contributed by atoms with Gasteiger partial charge in [0.2, 0.25) is 0 Å². The van der Waals surface area contributed by atoms with Gasteiger partial charge in [-0.2, -0.15) is 0 Å². The highest BCUT2D eigenvalue weighted by Crippen LogP contribution is 2.06. The van der Waals surface area contributed by atoms with Crippen LogP contribution in [0, 0.1) is 4.91 Å². The van der Waals surface area contributed by atoms with Crippen molar-refractivity contribution in [1.82, 2.24) is 5.32 Å². The number of ether oxygens (including phenoxy) is 1. The molecule has 6 heteroatoms. The van der Waals surface area contributed by atoms with Crippen molar-refractivity contribution in [2.75, 3.05) is 0 Å². The van der Waals surface area contributed by atoms with Gasteiger partial charge in [0.25, 0.3) is 0 Å². The summed E-state index contributed by atoms with van der Waals surface area (Å²) in [5.41, 5.74) is -0.637. The molecule has 1 N–H and O–H groups in total. The Bertz CT molecular complexity index is 244. The molecule has 0 aromatic heterocycles. The Kier molecular flexibility index (Phi) is 4.20. The van der Waals surface area contributed by atoms with Gasteiger partial charge >= 0.3 is 12.0 Å². The molecule has 1 atom stereocenters. The second-order valence-corrected chi connectivity index (χ2v) is 3.80. The fourth-order valence-corrected chi connectivity index (χ4v) is 0.625. The molecule has 2 amide bonds. The van der Waals surface area contributed by atoms with Crippen LogP contribution in [0.15, 0.2) is 5.18 Å². The fourth-order valence-electron chi connectivity index (χ4n) is 0.625. The Morgan fingerprint density at radius 2 is 1.86 bits per heavy atom. The van der Waals surface area contributed by atoms with E-state index in [9.17, 15) is 14.5 Å². The molecule has 6 nitrogen and oxygen atoms in total. The minimum absolute atomic E-state index is 0.637. The largest absolute Gasteiger partial charge is 0.444 e. The summed E-state index contributed by atoms with van der Waals surface area (Å²) in [5, 5.41) is 4.36. The van der Waals surface area contributed by atoms with Crippen LogP contribution in [0.4, 0.5) is 4.79 Å². The highest BCUT2D eigenvalue weighted by Gasteiger charge is 2.21. The van der Waals surface area contributed by atoms with E-state index in [1.54, 1.807) is 20.8 Å². The Hall–Kier alpha value is -1.46. The molecule has 0 aromatic carbocycles. The summed E-state index contributed by atoms with van der Waals surface area (Å²) in [4.78, 5) is 31.5. The van der Waals surface area contributed by atoms with E-state index in [-0.39, 0.29) is 0 Å². The molecule has 0 rings (SSSR count). The summed E-state index contributed by atoms with van der Waals surface area (Å²) in [7, 11) is 0. The zero-order valence-electron chi connectivity index (χ0n) is 8.66. The molecular weight excluding hydrogens is 188 g/mol. The van der Waals surface area contributed by atoms with Crippen LogP contribution in [0.5, 0.6) is 0 Å². The van der Waals surface area contributed by atoms with Crippen molar-refractivity contribution in [3.63, 3.8) is 0 Å². The van der Waals surface area contributed by atoms with Gasteiger partial charge in [-0.25, -0.2) is 4.79 Å². The molecule has 0 bridgehead atoms. The lowest BCUT2D eigenvalue weighted by Crippen LogP contribution is -2.41. The van der Waals surface area contributed by atoms with Crippen LogP contribution in [-0.4, -0.2) is 23.6 Å². The Labute approximate surface area is 82.0 Å².